The highest BCUT2D eigenvalue weighted by atomic mass is 16.5. The molecule has 0 aliphatic heterocycles. The van der Waals surface area contributed by atoms with Gasteiger partial charge in [-0.1, -0.05) is 6.07 Å². The van der Waals surface area contributed by atoms with Crippen LogP contribution < -0.4 is 15.2 Å². The lowest BCUT2D eigenvalue weighted by Crippen LogP contribution is -2.16. The molecule has 0 aliphatic rings. The van der Waals surface area contributed by atoms with Crippen molar-refractivity contribution in [3.8, 4) is 11.5 Å². The van der Waals surface area contributed by atoms with Crippen LogP contribution >= 0.6 is 0 Å². The molecule has 114 valence electrons. The maximum absolute atomic E-state index is 6.27. The first kappa shape index (κ1) is 15.3. The van der Waals surface area contributed by atoms with Crippen molar-refractivity contribution in [1.82, 2.24) is 14.8 Å². The lowest BCUT2D eigenvalue weighted by molar-refractivity contribution is 0.287. The van der Waals surface area contributed by atoms with Crippen molar-refractivity contribution in [2.75, 3.05) is 13.2 Å². The van der Waals surface area contributed by atoms with Crippen molar-refractivity contribution < 1.29 is 9.47 Å². The average Bonchev–Trinajstić information content (AvgIpc) is 2.86. The maximum Gasteiger partial charge on any atom is 0.161 e. The largest absolute Gasteiger partial charge is 0.490 e. The molecule has 6 nitrogen and oxygen atoms in total. The van der Waals surface area contributed by atoms with Crippen LogP contribution in [0.3, 0.4) is 0 Å². The van der Waals surface area contributed by atoms with Gasteiger partial charge in [-0.3, -0.25) is 4.68 Å². The smallest absolute Gasteiger partial charge is 0.161 e. The monoisotopic (exact) mass is 290 g/mol. The fraction of sp³-hybridized carbons (Fsp3) is 0.467. The summed E-state index contributed by atoms with van der Waals surface area (Å²) >= 11 is 0. The van der Waals surface area contributed by atoms with Crippen LogP contribution in [0.25, 0.3) is 0 Å². The highest BCUT2D eigenvalue weighted by Gasteiger charge is 2.14. The summed E-state index contributed by atoms with van der Waals surface area (Å²) in [6, 6.07) is 5.65. The van der Waals surface area contributed by atoms with E-state index in [1.165, 1.54) is 6.33 Å². The van der Waals surface area contributed by atoms with Crippen molar-refractivity contribution in [3.63, 3.8) is 0 Å². The summed E-state index contributed by atoms with van der Waals surface area (Å²) in [5, 5.41) is 4.05. The van der Waals surface area contributed by atoms with Gasteiger partial charge in [0.2, 0.25) is 0 Å². The van der Waals surface area contributed by atoms with E-state index >= 15 is 0 Å². The standard InChI is InChI=1S/C15H22N4O2/c1-4-20-13-7-6-11(8-14(13)21-5-2)12(16)9-15-17-10-18-19(15)3/h6-8,10,12H,4-5,9,16H2,1-3H3. The van der Waals surface area contributed by atoms with Gasteiger partial charge < -0.3 is 15.2 Å². The normalized spacial score (nSPS) is 12.2. The second kappa shape index (κ2) is 7.08. The van der Waals surface area contributed by atoms with Crippen molar-refractivity contribution in [3.05, 3.63) is 35.9 Å². The van der Waals surface area contributed by atoms with Crippen LogP contribution in [0.5, 0.6) is 11.5 Å². The maximum atomic E-state index is 6.27. The molecule has 21 heavy (non-hydrogen) atoms. The first-order valence-electron chi connectivity index (χ1n) is 7.13. The lowest BCUT2D eigenvalue weighted by atomic mass is 10.0. The highest BCUT2D eigenvalue weighted by molar-refractivity contribution is 5.44. The third-order valence-corrected chi connectivity index (χ3v) is 3.20. The van der Waals surface area contributed by atoms with Crippen molar-refractivity contribution in [2.45, 2.75) is 26.3 Å². The van der Waals surface area contributed by atoms with Gasteiger partial charge in [0, 0.05) is 19.5 Å². The summed E-state index contributed by atoms with van der Waals surface area (Å²) in [5.74, 6) is 2.33. The van der Waals surface area contributed by atoms with Crippen LogP contribution in [0.4, 0.5) is 0 Å². The van der Waals surface area contributed by atoms with Crippen LogP contribution in [0.1, 0.15) is 31.3 Å². The molecule has 0 amide bonds. The zero-order chi connectivity index (χ0) is 15.2. The molecule has 2 aromatic rings. The third-order valence-electron chi connectivity index (χ3n) is 3.20. The SMILES string of the molecule is CCOc1ccc(C(N)Cc2ncnn2C)cc1OCC. The number of aromatic nitrogens is 3. The fourth-order valence-electron chi connectivity index (χ4n) is 2.12. The van der Waals surface area contributed by atoms with Crippen LogP contribution in [-0.2, 0) is 13.5 Å². The minimum absolute atomic E-state index is 0.164. The van der Waals surface area contributed by atoms with Crippen molar-refractivity contribution in [2.24, 2.45) is 12.8 Å². The number of nitrogens with two attached hydrogens (primary N) is 1. The molecule has 2 N–H and O–H groups in total. The Kier molecular flexibility index (Phi) is 5.16. The summed E-state index contributed by atoms with van der Waals surface area (Å²) in [6.07, 6.45) is 2.15. The Hall–Kier alpha value is -2.08. The Labute approximate surface area is 124 Å². The van der Waals surface area contributed by atoms with Crippen molar-refractivity contribution in [1.29, 1.82) is 0 Å². The van der Waals surface area contributed by atoms with Crippen LogP contribution in [0, 0.1) is 0 Å². The Bertz CT molecular complexity index is 583. The van der Waals surface area contributed by atoms with E-state index in [2.05, 4.69) is 10.1 Å². The first-order valence-corrected chi connectivity index (χ1v) is 7.13. The van der Waals surface area contributed by atoms with Gasteiger partial charge in [0.1, 0.15) is 12.2 Å². The number of hydrogen-bond donors (Lipinski definition) is 1. The molecule has 0 spiro atoms. The Morgan fingerprint density at radius 1 is 1.19 bits per heavy atom. The predicted molar refractivity (Wildman–Crippen MR) is 80.4 cm³/mol. The quantitative estimate of drug-likeness (QED) is 0.842. The van der Waals surface area contributed by atoms with Gasteiger partial charge >= 0.3 is 0 Å². The van der Waals surface area contributed by atoms with Gasteiger partial charge in [-0.15, -0.1) is 0 Å². The molecule has 1 aromatic heterocycles. The molecule has 1 unspecified atom stereocenters. The van der Waals surface area contributed by atoms with Gasteiger partial charge in [-0.2, -0.15) is 5.10 Å². The van der Waals surface area contributed by atoms with E-state index in [0.29, 0.717) is 19.6 Å². The summed E-state index contributed by atoms with van der Waals surface area (Å²) in [6.45, 7) is 5.08. The summed E-state index contributed by atoms with van der Waals surface area (Å²) < 4.78 is 12.9. The molecule has 0 bridgehead atoms. The summed E-state index contributed by atoms with van der Waals surface area (Å²) in [5.41, 5.74) is 7.26. The van der Waals surface area contributed by atoms with E-state index in [-0.39, 0.29) is 6.04 Å². The molecule has 1 heterocycles. The number of hydrogen-bond acceptors (Lipinski definition) is 5. The first-order chi connectivity index (χ1) is 10.2. The van der Waals surface area contributed by atoms with Crippen LogP contribution in [0.15, 0.2) is 24.5 Å². The van der Waals surface area contributed by atoms with Gasteiger partial charge in [0.05, 0.1) is 13.2 Å². The molecule has 0 fully saturated rings. The molecule has 1 aromatic carbocycles. The van der Waals surface area contributed by atoms with E-state index in [1.807, 2.05) is 39.1 Å². The van der Waals surface area contributed by atoms with Gasteiger partial charge in [-0.05, 0) is 31.5 Å². The highest BCUT2D eigenvalue weighted by Crippen LogP contribution is 2.30. The van der Waals surface area contributed by atoms with E-state index in [9.17, 15) is 0 Å². The number of ether oxygens (including phenoxy) is 2. The lowest BCUT2D eigenvalue weighted by Gasteiger charge is -2.16. The topological polar surface area (TPSA) is 75.2 Å². The number of rotatable bonds is 7. The molecule has 6 heteroatoms. The van der Waals surface area contributed by atoms with Crippen LogP contribution in [-0.4, -0.2) is 28.0 Å². The second-order valence-electron chi connectivity index (χ2n) is 4.68. The summed E-state index contributed by atoms with van der Waals surface area (Å²) in [7, 11) is 1.86. The van der Waals surface area contributed by atoms with Crippen LogP contribution in [0.2, 0.25) is 0 Å². The number of benzene rings is 1. The Morgan fingerprint density at radius 2 is 1.90 bits per heavy atom. The molecule has 0 aliphatic carbocycles. The molecule has 0 saturated carbocycles. The number of nitrogens with zero attached hydrogens (tertiary/aromatic N) is 3. The minimum Gasteiger partial charge on any atom is -0.490 e. The molecule has 2 rings (SSSR count). The van der Waals surface area contributed by atoms with Gasteiger partial charge in [0.15, 0.2) is 11.5 Å². The molecule has 0 radical (unpaired) electrons. The Balaban J connectivity index is 2.18. The number of aryl methyl sites for hydroxylation is 1. The average molecular weight is 290 g/mol. The zero-order valence-corrected chi connectivity index (χ0v) is 12.7. The predicted octanol–water partition coefficient (Wildman–Crippen LogP) is 1.85. The molecule has 0 saturated heterocycles. The van der Waals surface area contributed by atoms with Gasteiger partial charge in [0.25, 0.3) is 0 Å². The van der Waals surface area contributed by atoms with E-state index < -0.39 is 0 Å². The fourth-order valence-corrected chi connectivity index (χ4v) is 2.12. The minimum atomic E-state index is -0.164. The molecular weight excluding hydrogens is 268 g/mol. The Morgan fingerprint density at radius 3 is 2.52 bits per heavy atom. The third kappa shape index (κ3) is 3.72. The second-order valence-corrected chi connectivity index (χ2v) is 4.68. The molecule has 1 atom stereocenters. The van der Waals surface area contributed by atoms with Gasteiger partial charge in [-0.25, -0.2) is 4.98 Å². The molecular formula is C15H22N4O2. The van der Waals surface area contributed by atoms with E-state index in [4.69, 9.17) is 15.2 Å². The summed E-state index contributed by atoms with van der Waals surface area (Å²) in [4.78, 5) is 4.20. The zero-order valence-electron chi connectivity index (χ0n) is 12.7. The van der Waals surface area contributed by atoms with E-state index in [0.717, 1.165) is 22.9 Å². The van der Waals surface area contributed by atoms with Crippen molar-refractivity contribution >= 4 is 0 Å². The van der Waals surface area contributed by atoms with E-state index in [1.54, 1.807) is 4.68 Å².